The van der Waals surface area contributed by atoms with Crippen LogP contribution in [0.15, 0.2) is 47.1 Å². The number of methoxy groups -OCH3 is 1. The van der Waals surface area contributed by atoms with E-state index in [1.807, 2.05) is 13.0 Å². The first-order valence-electron chi connectivity index (χ1n) is 6.28. The van der Waals surface area contributed by atoms with Crippen LogP contribution in [0.5, 0.6) is 11.5 Å². The van der Waals surface area contributed by atoms with Crippen LogP contribution < -0.4 is 14.8 Å². The monoisotopic (exact) mass is 275 g/mol. The zero-order valence-corrected chi connectivity index (χ0v) is 11.5. The minimum absolute atomic E-state index is 0.0443. The standard InChI is InChI=1S/C15H17NO4/c1-11(14-4-3-9-19-14)16-15(17)10-20-13-7-5-12(18-2)6-8-13/h3-9,11H,10H2,1-2H3,(H,16,17). The molecule has 2 aromatic rings. The van der Waals surface area contributed by atoms with Crippen LogP contribution >= 0.6 is 0 Å². The van der Waals surface area contributed by atoms with Gasteiger partial charge in [0.15, 0.2) is 6.61 Å². The Morgan fingerprint density at radius 2 is 1.95 bits per heavy atom. The zero-order chi connectivity index (χ0) is 14.4. The molecule has 0 saturated heterocycles. The molecule has 106 valence electrons. The molecule has 0 fully saturated rings. The second kappa shape index (κ2) is 6.65. The van der Waals surface area contributed by atoms with Crippen LogP contribution in [-0.4, -0.2) is 19.6 Å². The van der Waals surface area contributed by atoms with Crippen LogP contribution in [0.2, 0.25) is 0 Å². The van der Waals surface area contributed by atoms with E-state index in [0.29, 0.717) is 11.5 Å². The Morgan fingerprint density at radius 1 is 1.25 bits per heavy atom. The van der Waals surface area contributed by atoms with Gasteiger partial charge in [-0.2, -0.15) is 0 Å². The average Bonchev–Trinajstić information content (AvgIpc) is 3.00. The van der Waals surface area contributed by atoms with Gasteiger partial charge in [0.05, 0.1) is 19.4 Å². The molecular weight excluding hydrogens is 258 g/mol. The summed E-state index contributed by atoms with van der Waals surface area (Å²) in [4.78, 5) is 11.7. The predicted octanol–water partition coefficient (Wildman–Crippen LogP) is 2.54. The zero-order valence-electron chi connectivity index (χ0n) is 11.5. The Kier molecular flexibility index (Phi) is 4.65. The van der Waals surface area contributed by atoms with Crippen molar-refractivity contribution in [3.63, 3.8) is 0 Å². The lowest BCUT2D eigenvalue weighted by Gasteiger charge is -2.12. The maximum absolute atomic E-state index is 11.7. The molecule has 0 aliphatic rings. The Balaban J connectivity index is 1.79. The smallest absolute Gasteiger partial charge is 0.258 e. The van der Waals surface area contributed by atoms with E-state index >= 15 is 0 Å². The minimum atomic E-state index is -0.204. The Morgan fingerprint density at radius 3 is 2.55 bits per heavy atom. The van der Waals surface area contributed by atoms with Gasteiger partial charge in [-0.25, -0.2) is 0 Å². The summed E-state index contributed by atoms with van der Waals surface area (Å²) < 4.78 is 15.6. The van der Waals surface area contributed by atoms with Crippen LogP contribution in [0.25, 0.3) is 0 Å². The van der Waals surface area contributed by atoms with Gasteiger partial charge >= 0.3 is 0 Å². The number of hydrogen-bond donors (Lipinski definition) is 1. The second-order valence-electron chi connectivity index (χ2n) is 4.27. The van der Waals surface area contributed by atoms with Crippen molar-refractivity contribution in [1.82, 2.24) is 5.32 Å². The highest BCUT2D eigenvalue weighted by atomic mass is 16.5. The first-order chi connectivity index (χ1) is 9.69. The van der Waals surface area contributed by atoms with Gasteiger partial charge in [-0.15, -0.1) is 0 Å². The lowest BCUT2D eigenvalue weighted by Crippen LogP contribution is -2.31. The van der Waals surface area contributed by atoms with Gasteiger partial charge in [-0.3, -0.25) is 4.79 Å². The molecule has 0 aliphatic carbocycles. The van der Waals surface area contributed by atoms with Crippen molar-refractivity contribution in [3.05, 3.63) is 48.4 Å². The first kappa shape index (κ1) is 14.0. The van der Waals surface area contributed by atoms with E-state index in [-0.39, 0.29) is 18.6 Å². The molecule has 1 amide bonds. The predicted molar refractivity (Wildman–Crippen MR) is 73.8 cm³/mol. The number of benzene rings is 1. The molecule has 0 bridgehead atoms. The number of nitrogens with one attached hydrogen (secondary N) is 1. The van der Waals surface area contributed by atoms with Crippen molar-refractivity contribution in [2.45, 2.75) is 13.0 Å². The SMILES string of the molecule is COc1ccc(OCC(=O)NC(C)c2ccco2)cc1. The molecule has 1 heterocycles. The molecule has 0 radical (unpaired) electrons. The van der Waals surface area contributed by atoms with Crippen molar-refractivity contribution in [1.29, 1.82) is 0 Å². The van der Waals surface area contributed by atoms with Crippen molar-refractivity contribution < 1.29 is 18.7 Å². The number of carbonyl (C=O) groups is 1. The van der Waals surface area contributed by atoms with Crippen molar-refractivity contribution in [2.75, 3.05) is 13.7 Å². The Bertz CT molecular complexity index is 534. The maximum Gasteiger partial charge on any atom is 0.258 e. The number of carbonyl (C=O) groups excluding carboxylic acids is 1. The van der Waals surface area contributed by atoms with Crippen LogP contribution in [0.4, 0.5) is 0 Å². The van der Waals surface area contributed by atoms with E-state index in [1.54, 1.807) is 43.7 Å². The number of furan rings is 1. The number of ether oxygens (including phenoxy) is 2. The third kappa shape index (κ3) is 3.78. The van der Waals surface area contributed by atoms with Crippen LogP contribution in [0.1, 0.15) is 18.7 Å². The molecule has 1 aromatic heterocycles. The maximum atomic E-state index is 11.7. The van der Waals surface area contributed by atoms with Gasteiger partial charge in [0.2, 0.25) is 0 Å². The number of amides is 1. The van der Waals surface area contributed by atoms with Crippen molar-refractivity contribution >= 4 is 5.91 Å². The fourth-order valence-corrected chi connectivity index (χ4v) is 1.71. The normalized spacial score (nSPS) is 11.7. The van der Waals surface area contributed by atoms with E-state index in [1.165, 1.54) is 0 Å². The van der Waals surface area contributed by atoms with E-state index < -0.39 is 0 Å². The Labute approximate surface area is 117 Å². The topological polar surface area (TPSA) is 60.7 Å². The van der Waals surface area contributed by atoms with Gasteiger partial charge < -0.3 is 19.2 Å². The van der Waals surface area contributed by atoms with E-state index in [4.69, 9.17) is 13.9 Å². The van der Waals surface area contributed by atoms with Gasteiger partial charge in [0, 0.05) is 0 Å². The van der Waals surface area contributed by atoms with Crippen LogP contribution in [-0.2, 0) is 4.79 Å². The molecule has 0 saturated carbocycles. The van der Waals surface area contributed by atoms with Gasteiger partial charge in [-0.1, -0.05) is 0 Å². The van der Waals surface area contributed by atoms with E-state index in [2.05, 4.69) is 5.32 Å². The summed E-state index contributed by atoms with van der Waals surface area (Å²) in [5.41, 5.74) is 0. The quantitative estimate of drug-likeness (QED) is 0.880. The molecule has 5 nitrogen and oxygen atoms in total. The van der Waals surface area contributed by atoms with Crippen molar-refractivity contribution in [3.8, 4) is 11.5 Å². The highest BCUT2D eigenvalue weighted by Crippen LogP contribution is 2.17. The largest absolute Gasteiger partial charge is 0.497 e. The molecule has 1 aromatic carbocycles. The summed E-state index contributed by atoms with van der Waals surface area (Å²) in [6.07, 6.45) is 1.58. The van der Waals surface area contributed by atoms with E-state index in [0.717, 1.165) is 5.75 Å². The summed E-state index contributed by atoms with van der Waals surface area (Å²) in [5, 5.41) is 2.79. The molecule has 0 aliphatic heterocycles. The van der Waals surface area contributed by atoms with Gasteiger partial charge in [0.1, 0.15) is 17.3 Å². The van der Waals surface area contributed by atoms with Crippen molar-refractivity contribution in [2.24, 2.45) is 0 Å². The summed E-state index contributed by atoms with van der Waals surface area (Å²) >= 11 is 0. The fourth-order valence-electron chi connectivity index (χ4n) is 1.71. The highest BCUT2D eigenvalue weighted by Gasteiger charge is 2.12. The van der Waals surface area contributed by atoms with Crippen LogP contribution in [0, 0.1) is 0 Å². The number of rotatable bonds is 6. The summed E-state index contributed by atoms with van der Waals surface area (Å²) in [5.74, 6) is 1.87. The third-order valence-corrected chi connectivity index (χ3v) is 2.78. The molecule has 5 heteroatoms. The fraction of sp³-hybridized carbons (Fsp3) is 0.267. The molecule has 2 rings (SSSR count). The summed E-state index contributed by atoms with van der Waals surface area (Å²) in [7, 11) is 1.60. The van der Waals surface area contributed by atoms with Crippen LogP contribution in [0.3, 0.4) is 0 Å². The molecule has 1 atom stereocenters. The highest BCUT2D eigenvalue weighted by molar-refractivity contribution is 5.77. The van der Waals surface area contributed by atoms with Gasteiger partial charge in [-0.05, 0) is 43.3 Å². The van der Waals surface area contributed by atoms with E-state index in [9.17, 15) is 4.79 Å². The lowest BCUT2D eigenvalue weighted by atomic mass is 10.2. The second-order valence-corrected chi connectivity index (χ2v) is 4.27. The molecule has 0 spiro atoms. The minimum Gasteiger partial charge on any atom is -0.497 e. The molecular formula is C15H17NO4. The summed E-state index contributed by atoms with van der Waals surface area (Å²) in [6.45, 7) is 1.81. The number of hydrogen-bond acceptors (Lipinski definition) is 4. The molecule has 20 heavy (non-hydrogen) atoms. The van der Waals surface area contributed by atoms with Gasteiger partial charge in [0.25, 0.3) is 5.91 Å². The third-order valence-electron chi connectivity index (χ3n) is 2.78. The Hall–Kier alpha value is -2.43. The first-order valence-corrected chi connectivity index (χ1v) is 6.28. The average molecular weight is 275 g/mol. The lowest BCUT2D eigenvalue weighted by molar-refractivity contribution is -0.123. The molecule has 1 unspecified atom stereocenters. The summed E-state index contributed by atoms with van der Waals surface area (Å²) in [6, 6.07) is 10.5. The molecule has 1 N–H and O–H groups in total.